The fourth-order valence-electron chi connectivity index (χ4n) is 3.36. The quantitative estimate of drug-likeness (QED) is 0.651. The molecular weight excluding hydrogens is 390 g/mol. The summed E-state index contributed by atoms with van der Waals surface area (Å²) < 4.78 is 15.4. The molecule has 1 atom stereocenters. The lowest BCUT2D eigenvalue weighted by molar-refractivity contribution is -0.120. The van der Waals surface area contributed by atoms with E-state index in [0.29, 0.717) is 17.9 Å². The maximum atomic E-state index is 12.5. The van der Waals surface area contributed by atoms with Gasteiger partial charge in [-0.05, 0) is 29.2 Å². The zero-order valence-corrected chi connectivity index (χ0v) is 16.5. The third kappa shape index (κ3) is 3.79. The first kappa shape index (κ1) is 18.9. The molecule has 148 valence electrons. The number of amides is 2. The van der Waals surface area contributed by atoms with Crippen LogP contribution in [-0.2, 0) is 9.59 Å². The summed E-state index contributed by atoms with van der Waals surface area (Å²) in [6.07, 6.45) is 0.297. The standard InChI is InChI=1S/C21H19N3O4S/c1-27-15-8-7-13(9-16(15)28-11-17(22)25)14-10-18(26)23-20-19(24-29-21(14)20)12-5-3-2-4-6-12/h2-9,14H,10-11H2,1H3,(H2,22,25)(H,23,26)/t14-/m0/s1. The molecule has 0 fully saturated rings. The van der Waals surface area contributed by atoms with Crippen molar-refractivity contribution in [2.24, 2.45) is 5.73 Å². The summed E-state index contributed by atoms with van der Waals surface area (Å²) in [6.45, 7) is -0.255. The van der Waals surface area contributed by atoms with Crippen molar-refractivity contribution in [2.75, 3.05) is 19.0 Å². The highest BCUT2D eigenvalue weighted by molar-refractivity contribution is 7.07. The molecule has 2 heterocycles. The molecule has 7 nitrogen and oxygen atoms in total. The highest BCUT2D eigenvalue weighted by Crippen LogP contribution is 2.45. The van der Waals surface area contributed by atoms with Gasteiger partial charge >= 0.3 is 0 Å². The molecule has 1 aliphatic heterocycles. The minimum atomic E-state index is -0.577. The topological polar surface area (TPSA) is 104 Å². The van der Waals surface area contributed by atoms with E-state index in [1.807, 2.05) is 36.4 Å². The van der Waals surface area contributed by atoms with Gasteiger partial charge in [-0.15, -0.1) is 0 Å². The largest absolute Gasteiger partial charge is 0.493 e. The fraction of sp³-hybridized carbons (Fsp3) is 0.190. The smallest absolute Gasteiger partial charge is 0.255 e. The van der Waals surface area contributed by atoms with E-state index in [1.165, 1.54) is 18.6 Å². The van der Waals surface area contributed by atoms with Gasteiger partial charge in [0.1, 0.15) is 5.69 Å². The number of anilines is 1. The highest BCUT2D eigenvalue weighted by atomic mass is 32.1. The zero-order valence-electron chi connectivity index (χ0n) is 15.7. The van der Waals surface area contributed by atoms with Gasteiger partial charge in [-0.2, -0.15) is 4.37 Å². The Balaban J connectivity index is 1.74. The molecule has 2 aromatic carbocycles. The van der Waals surface area contributed by atoms with Gasteiger partial charge in [0.05, 0.1) is 17.7 Å². The molecule has 2 amide bonds. The molecule has 1 aromatic heterocycles. The number of ether oxygens (including phenoxy) is 2. The molecular formula is C21H19N3O4S. The summed E-state index contributed by atoms with van der Waals surface area (Å²) in [6, 6.07) is 15.2. The van der Waals surface area contributed by atoms with E-state index in [4.69, 9.17) is 15.2 Å². The van der Waals surface area contributed by atoms with Crippen LogP contribution in [-0.4, -0.2) is 29.9 Å². The molecule has 0 aliphatic carbocycles. The molecule has 0 saturated carbocycles. The van der Waals surface area contributed by atoms with Crippen molar-refractivity contribution in [1.82, 2.24) is 4.37 Å². The van der Waals surface area contributed by atoms with E-state index >= 15 is 0 Å². The molecule has 4 rings (SSSR count). The van der Waals surface area contributed by atoms with Crippen molar-refractivity contribution in [3.63, 3.8) is 0 Å². The normalized spacial score (nSPS) is 15.3. The molecule has 3 aromatic rings. The molecule has 8 heteroatoms. The monoisotopic (exact) mass is 409 g/mol. The van der Waals surface area contributed by atoms with E-state index in [1.54, 1.807) is 12.1 Å². The number of methoxy groups -OCH3 is 1. The number of primary amides is 1. The number of carbonyl (C=O) groups is 2. The molecule has 29 heavy (non-hydrogen) atoms. The Hall–Kier alpha value is -3.39. The first-order valence-corrected chi connectivity index (χ1v) is 9.78. The summed E-state index contributed by atoms with van der Waals surface area (Å²) in [4.78, 5) is 24.5. The Morgan fingerprint density at radius 3 is 2.76 bits per heavy atom. The number of hydrogen-bond acceptors (Lipinski definition) is 6. The lowest BCUT2D eigenvalue weighted by Crippen LogP contribution is -2.23. The lowest BCUT2D eigenvalue weighted by atomic mass is 9.89. The van der Waals surface area contributed by atoms with Gasteiger partial charge in [-0.3, -0.25) is 9.59 Å². The van der Waals surface area contributed by atoms with Crippen LogP contribution in [0.25, 0.3) is 11.3 Å². The summed E-state index contributed by atoms with van der Waals surface area (Å²) >= 11 is 1.37. The molecule has 0 bridgehead atoms. The van der Waals surface area contributed by atoms with E-state index in [0.717, 1.165) is 27.4 Å². The summed E-state index contributed by atoms with van der Waals surface area (Å²) in [5, 5.41) is 2.98. The van der Waals surface area contributed by atoms with E-state index in [9.17, 15) is 9.59 Å². The van der Waals surface area contributed by atoms with Crippen LogP contribution < -0.4 is 20.5 Å². The van der Waals surface area contributed by atoms with Crippen molar-refractivity contribution in [2.45, 2.75) is 12.3 Å². The van der Waals surface area contributed by atoms with Gasteiger partial charge in [-0.25, -0.2) is 0 Å². The zero-order chi connectivity index (χ0) is 20.4. The van der Waals surface area contributed by atoms with Crippen molar-refractivity contribution in [3.05, 3.63) is 59.0 Å². The number of hydrogen-bond donors (Lipinski definition) is 2. The third-order valence-electron chi connectivity index (χ3n) is 4.70. The average Bonchev–Trinajstić information content (AvgIpc) is 3.15. The van der Waals surface area contributed by atoms with Crippen LogP contribution in [0.15, 0.2) is 48.5 Å². The third-order valence-corrected chi connectivity index (χ3v) is 5.66. The second kappa shape index (κ2) is 7.92. The van der Waals surface area contributed by atoms with Crippen molar-refractivity contribution in [3.8, 4) is 22.8 Å². The summed E-state index contributed by atoms with van der Waals surface area (Å²) in [5.41, 5.74) is 8.53. The van der Waals surface area contributed by atoms with Crippen LogP contribution in [0.3, 0.4) is 0 Å². The van der Waals surface area contributed by atoms with Crippen LogP contribution in [0.4, 0.5) is 5.69 Å². The average molecular weight is 409 g/mol. The van der Waals surface area contributed by atoms with Crippen LogP contribution in [0.5, 0.6) is 11.5 Å². The Labute approximate surface area is 171 Å². The predicted octanol–water partition coefficient (Wildman–Crippen LogP) is 3.16. The predicted molar refractivity (Wildman–Crippen MR) is 110 cm³/mol. The van der Waals surface area contributed by atoms with Crippen LogP contribution in [0.2, 0.25) is 0 Å². The Kier molecular flexibility index (Phi) is 5.18. The lowest BCUT2D eigenvalue weighted by Gasteiger charge is -2.23. The maximum Gasteiger partial charge on any atom is 0.255 e. The molecule has 0 unspecified atom stereocenters. The van der Waals surface area contributed by atoms with Gasteiger partial charge in [-0.1, -0.05) is 36.4 Å². The number of fused-ring (bicyclic) bond motifs is 1. The van der Waals surface area contributed by atoms with Crippen molar-refractivity contribution in [1.29, 1.82) is 0 Å². The number of carbonyl (C=O) groups excluding carboxylic acids is 2. The summed E-state index contributed by atoms with van der Waals surface area (Å²) in [7, 11) is 1.52. The van der Waals surface area contributed by atoms with Gasteiger partial charge < -0.3 is 20.5 Å². The number of nitrogens with zero attached hydrogens (tertiary/aromatic N) is 1. The Bertz CT molecular complexity index is 1070. The van der Waals surface area contributed by atoms with Crippen LogP contribution in [0.1, 0.15) is 22.8 Å². The minimum Gasteiger partial charge on any atom is -0.493 e. The Morgan fingerprint density at radius 2 is 2.03 bits per heavy atom. The number of aromatic nitrogens is 1. The molecule has 1 aliphatic rings. The number of benzene rings is 2. The van der Waals surface area contributed by atoms with Crippen LogP contribution in [0, 0.1) is 0 Å². The van der Waals surface area contributed by atoms with Crippen LogP contribution >= 0.6 is 11.5 Å². The number of nitrogens with one attached hydrogen (secondary N) is 1. The summed E-state index contributed by atoms with van der Waals surface area (Å²) in [5.74, 6) is 0.0755. The first-order valence-electron chi connectivity index (χ1n) is 9.00. The molecule has 0 saturated heterocycles. The maximum absolute atomic E-state index is 12.5. The van der Waals surface area contributed by atoms with E-state index < -0.39 is 5.91 Å². The SMILES string of the molecule is COc1ccc([C@@H]2CC(=O)Nc3c(-c4ccccc4)nsc32)cc1OCC(N)=O. The highest BCUT2D eigenvalue weighted by Gasteiger charge is 2.32. The first-order chi connectivity index (χ1) is 14.1. The second-order valence-corrected chi connectivity index (χ2v) is 7.41. The van der Waals surface area contributed by atoms with Gasteiger partial charge in [0.25, 0.3) is 5.91 Å². The van der Waals surface area contributed by atoms with E-state index in [2.05, 4.69) is 9.69 Å². The number of nitrogens with two attached hydrogens (primary N) is 1. The molecule has 0 radical (unpaired) electrons. The number of rotatable bonds is 6. The minimum absolute atomic E-state index is 0.0738. The van der Waals surface area contributed by atoms with Gasteiger partial charge in [0.2, 0.25) is 5.91 Å². The van der Waals surface area contributed by atoms with E-state index in [-0.39, 0.29) is 18.4 Å². The molecule has 3 N–H and O–H groups in total. The molecule has 0 spiro atoms. The Morgan fingerprint density at radius 1 is 1.24 bits per heavy atom. The van der Waals surface area contributed by atoms with Gasteiger partial charge in [0.15, 0.2) is 18.1 Å². The fourth-order valence-corrected chi connectivity index (χ4v) is 4.34. The van der Waals surface area contributed by atoms with Gasteiger partial charge in [0, 0.05) is 17.9 Å². The van der Waals surface area contributed by atoms with Crippen molar-refractivity contribution >= 4 is 29.0 Å². The second-order valence-electron chi connectivity index (χ2n) is 6.61. The van der Waals surface area contributed by atoms with Crippen molar-refractivity contribution < 1.29 is 19.1 Å².